The van der Waals surface area contributed by atoms with Gasteiger partial charge < -0.3 is 24.3 Å². The molecular formula is C21H27F3N4O5. The van der Waals surface area contributed by atoms with Gasteiger partial charge in [-0.2, -0.15) is 13.2 Å². The number of alkyl halides is 3. The lowest BCUT2D eigenvalue weighted by Gasteiger charge is -2.37. The van der Waals surface area contributed by atoms with E-state index in [-0.39, 0.29) is 6.04 Å². The summed E-state index contributed by atoms with van der Waals surface area (Å²) in [7, 11) is 0. The van der Waals surface area contributed by atoms with Gasteiger partial charge in [-0.1, -0.05) is 0 Å². The van der Waals surface area contributed by atoms with Crippen LogP contribution >= 0.6 is 0 Å². The monoisotopic (exact) mass is 472 g/mol. The molecule has 12 heteroatoms. The summed E-state index contributed by atoms with van der Waals surface area (Å²) in [6.45, 7) is 5.77. The molecule has 2 aromatic rings. The fourth-order valence-corrected chi connectivity index (χ4v) is 3.58. The molecule has 0 aliphatic carbocycles. The third-order valence-corrected chi connectivity index (χ3v) is 5.31. The predicted octanol–water partition coefficient (Wildman–Crippen LogP) is 3.11. The Hall–Kier alpha value is -2.70. The number of nitrogens with zero attached hydrogens (tertiary/aromatic N) is 3. The molecule has 0 spiro atoms. The zero-order valence-electron chi connectivity index (χ0n) is 18.0. The minimum absolute atomic E-state index is 0.108. The first-order valence-electron chi connectivity index (χ1n) is 10.6. The van der Waals surface area contributed by atoms with Gasteiger partial charge in [-0.3, -0.25) is 4.90 Å². The second kappa shape index (κ2) is 12.0. The van der Waals surface area contributed by atoms with E-state index in [0.717, 1.165) is 63.2 Å². The number of anilines is 1. The van der Waals surface area contributed by atoms with Crippen molar-refractivity contribution >= 4 is 11.8 Å². The Morgan fingerprint density at radius 2 is 1.97 bits per heavy atom. The van der Waals surface area contributed by atoms with Crippen molar-refractivity contribution in [3.05, 3.63) is 42.2 Å². The summed E-state index contributed by atoms with van der Waals surface area (Å²) in [5, 5.41) is 10.4. The summed E-state index contributed by atoms with van der Waals surface area (Å²) in [5.41, 5.74) is 0. The summed E-state index contributed by atoms with van der Waals surface area (Å²) >= 11 is 0. The highest BCUT2D eigenvalue weighted by molar-refractivity contribution is 5.73. The lowest BCUT2D eigenvalue weighted by molar-refractivity contribution is -0.192. The van der Waals surface area contributed by atoms with Gasteiger partial charge in [0.15, 0.2) is 0 Å². The maximum Gasteiger partial charge on any atom is 0.490 e. The summed E-state index contributed by atoms with van der Waals surface area (Å²) in [6.07, 6.45) is 0.676. The molecule has 2 aromatic heterocycles. The fraction of sp³-hybridized carbons (Fsp3) is 0.571. The first-order valence-corrected chi connectivity index (χ1v) is 10.6. The Labute approximate surface area is 188 Å². The van der Waals surface area contributed by atoms with E-state index in [1.807, 2.05) is 24.4 Å². The van der Waals surface area contributed by atoms with E-state index >= 15 is 0 Å². The lowest BCUT2D eigenvalue weighted by atomic mass is 9.98. The van der Waals surface area contributed by atoms with E-state index in [0.29, 0.717) is 19.1 Å². The average molecular weight is 472 g/mol. The Morgan fingerprint density at radius 3 is 2.64 bits per heavy atom. The topological polar surface area (TPSA) is 110 Å². The van der Waals surface area contributed by atoms with Crippen LogP contribution in [0.25, 0.3) is 0 Å². The molecule has 2 aliphatic heterocycles. The Balaban J connectivity index is 0.000000383. The molecule has 9 nitrogen and oxygen atoms in total. The normalized spacial score (nSPS) is 20.0. The standard InChI is InChI=1S/C19H26N4O3.C2HF3O2/c1-2-16(26-8-1)12-21-18-3-6-20-19(22-18)17-14-25-11-7-23(17)13-15-4-9-24-10-5-15;3-2(4,5)1(6)7/h1-3,6,8,15,17H,4-5,7,9-14H2,(H,20,21,22);(H,6,7). The van der Waals surface area contributed by atoms with E-state index in [1.165, 1.54) is 0 Å². The van der Waals surface area contributed by atoms with Crippen LogP contribution in [-0.4, -0.2) is 71.6 Å². The molecule has 4 rings (SSSR count). The summed E-state index contributed by atoms with van der Waals surface area (Å²) in [5.74, 6) is 0.439. The number of hydrogen-bond donors (Lipinski definition) is 2. The van der Waals surface area contributed by atoms with Gasteiger partial charge in [0.2, 0.25) is 0 Å². The van der Waals surface area contributed by atoms with Crippen molar-refractivity contribution in [2.45, 2.75) is 31.6 Å². The minimum atomic E-state index is -5.08. The maximum absolute atomic E-state index is 10.6. The first-order chi connectivity index (χ1) is 15.8. The van der Waals surface area contributed by atoms with Crippen LogP contribution in [0.3, 0.4) is 0 Å². The van der Waals surface area contributed by atoms with Crippen LogP contribution in [0.4, 0.5) is 19.0 Å². The Morgan fingerprint density at radius 1 is 1.21 bits per heavy atom. The van der Waals surface area contributed by atoms with Gasteiger partial charge >= 0.3 is 12.1 Å². The van der Waals surface area contributed by atoms with Gasteiger partial charge in [0.05, 0.1) is 32.1 Å². The molecule has 0 aromatic carbocycles. The van der Waals surface area contributed by atoms with Crippen molar-refractivity contribution in [1.29, 1.82) is 0 Å². The molecule has 2 aliphatic rings. The quantitative estimate of drug-likeness (QED) is 0.655. The number of carboxylic acid groups (broad SMARTS) is 1. The predicted molar refractivity (Wildman–Crippen MR) is 110 cm³/mol. The molecule has 0 saturated carbocycles. The van der Waals surface area contributed by atoms with Crippen LogP contribution in [0.2, 0.25) is 0 Å². The zero-order valence-corrected chi connectivity index (χ0v) is 18.0. The third kappa shape index (κ3) is 7.98. The number of hydrogen-bond acceptors (Lipinski definition) is 8. The number of ether oxygens (including phenoxy) is 2. The molecule has 2 N–H and O–H groups in total. The first kappa shape index (κ1) is 24.9. The van der Waals surface area contributed by atoms with Crippen molar-refractivity contribution in [2.24, 2.45) is 5.92 Å². The average Bonchev–Trinajstić information content (AvgIpc) is 3.33. The smallest absolute Gasteiger partial charge is 0.475 e. The molecular weight excluding hydrogens is 445 g/mol. The van der Waals surface area contributed by atoms with Crippen LogP contribution in [0.1, 0.15) is 30.5 Å². The van der Waals surface area contributed by atoms with E-state index in [1.54, 1.807) is 6.26 Å². The number of furan rings is 1. The molecule has 1 unspecified atom stereocenters. The molecule has 4 heterocycles. The second-order valence-electron chi connectivity index (χ2n) is 7.68. The van der Waals surface area contributed by atoms with Crippen molar-refractivity contribution in [2.75, 3.05) is 44.8 Å². The number of carbonyl (C=O) groups is 1. The minimum Gasteiger partial charge on any atom is -0.475 e. The number of nitrogens with one attached hydrogen (secondary N) is 1. The summed E-state index contributed by atoms with van der Waals surface area (Å²) < 4.78 is 48.3. The number of halogens is 3. The Kier molecular flexibility index (Phi) is 9.03. The number of rotatable bonds is 6. The SMILES string of the molecule is O=C(O)C(F)(F)F.c1coc(CNc2ccnc(C3COCCN3CC3CCOCC3)n2)c1. The van der Waals surface area contributed by atoms with E-state index in [2.05, 4.69) is 15.2 Å². The van der Waals surface area contributed by atoms with E-state index < -0.39 is 12.1 Å². The molecule has 182 valence electrons. The van der Waals surface area contributed by atoms with Gasteiger partial charge in [-0.15, -0.1) is 0 Å². The Bertz CT molecular complexity index is 860. The van der Waals surface area contributed by atoms with Crippen LogP contribution in [0, 0.1) is 5.92 Å². The van der Waals surface area contributed by atoms with Gasteiger partial charge in [0.1, 0.15) is 17.4 Å². The number of aliphatic carboxylic acids is 1. The number of morpholine rings is 1. The maximum atomic E-state index is 10.6. The third-order valence-electron chi connectivity index (χ3n) is 5.31. The van der Waals surface area contributed by atoms with Gasteiger partial charge in [-0.05, 0) is 37.0 Å². The van der Waals surface area contributed by atoms with Gasteiger partial charge in [-0.25, -0.2) is 14.8 Å². The van der Waals surface area contributed by atoms with Crippen molar-refractivity contribution in [1.82, 2.24) is 14.9 Å². The largest absolute Gasteiger partial charge is 0.490 e. The molecule has 2 fully saturated rings. The fourth-order valence-electron chi connectivity index (χ4n) is 3.58. The summed E-state index contributed by atoms with van der Waals surface area (Å²) in [4.78, 5) is 20.6. The molecule has 0 radical (unpaired) electrons. The molecule has 33 heavy (non-hydrogen) atoms. The van der Waals surface area contributed by atoms with Crippen LogP contribution in [-0.2, 0) is 20.8 Å². The molecule has 0 amide bonds. The summed E-state index contributed by atoms with van der Waals surface area (Å²) in [6, 6.07) is 5.83. The number of aromatic nitrogens is 2. The molecule has 2 saturated heterocycles. The van der Waals surface area contributed by atoms with Crippen LogP contribution in [0.15, 0.2) is 35.1 Å². The number of carboxylic acids is 1. The highest BCUT2D eigenvalue weighted by Crippen LogP contribution is 2.26. The molecule has 0 bridgehead atoms. The highest BCUT2D eigenvalue weighted by Gasteiger charge is 2.38. The van der Waals surface area contributed by atoms with Crippen LogP contribution in [0.5, 0.6) is 0 Å². The van der Waals surface area contributed by atoms with Crippen molar-refractivity contribution in [3.8, 4) is 0 Å². The molecule has 1 atom stereocenters. The van der Waals surface area contributed by atoms with E-state index in [9.17, 15) is 13.2 Å². The van der Waals surface area contributed by atoms with Crippen molar-refractivity contribution in [3.63, 3.8) is 0 Å². The second-order valence-corrected chi connectivity index (χ2v) is 7.68. The van der Waals surface area contributed by atoms with Gasteiger partial charge in [0, 0.05) is 32.5 Å². The lowest BCUT2D eigenvalue weighted by Crippen LogP contribution is -2.43. The van der Waals surface area contributed by atoms with Crippen molar-refractivity contribution < 1.29 is 37.0 Å². The highest BCUT2D eigenvalue weighted by atomic mass is 19.4. The van der Waals surface area contributed by atoms with Crippen LogP contribution < -0.4 is 5.32 Å². The van der Waals surface area contributed by atoms with E-state index in [4.69, 9.17) is 28.8 Å². The van der Waals surface area contributed by atoms with Gasteiger partial charge in [0.25, 0.3) is 0 Å². The zero-order chi connectivity index (χ0) is 23.7.